The molecule has 0 aliphatic heterocycles. The quantitative estimate of drug-likeness (QED) is 0.850. The minimum absolute atomic E-state index is 0.00251. The van der Waals surface area contributed by atoms with Crippen molar-refractivity contribution in [2.24, 2.45) is 5.41 Å². The van der Waals surface area contributed by atoms with E-state index in [0.717, 1.165) is 5.56 Å². The topological polar surface area (TPSA) is 49.4 Å². The summed E-state index contributed by atoms with van der Waals surface area (Å²) >= 11 is 5.78. The van der Waals surface area contributed by atoms with Gasteiger partial charge < -0.3 is 10.2 Å². The Kier molecular flexibility index (Phi) is 5.57. The summed E-state index contributed by atoms with van der Waals surface area (Å²) in [5.74, 6) is 0.137. The van der Waals surface area contributed by atoms with Gasteiger partial charge in [0.2, 0.25) is 11.8 Å². The zero-order valence-corrected chi connectivity index (χ0v) is 13.1. The number of amides is 2. The van der Waals surface area contributed by atoms with E-state index in [1.54, 1.807) is 25.8 Å². The number of carbonyl (C=O) groups excluding carboxylic acids is 2. The van der Waals surface area contributed by atoms with Gasteiger partial charge in [-0.15, -0.1) is 11.6 Å². The van der Waals surface area contributed by atoms with E-state index in [2.05, 4.69) is 5.32 Å². The Morgan fingerprint density at radius 1 is 1.35 bits per heavy atom. The van der Waals surface area contributed by atoms with Gasteiger partial charge in [0, 0.05) is 32.1 Å². The van der Waals surface area contributed by atoms with Gasteiger partial charge in [0.1, 0.15) is 0 Å². The van der Waals surface area contributed by atoms with Crippen LogP contribution in [-0.2, 0) is 16.1 Å². The van der Waals surface area contributed by atoms with Crippen molar-refractivity contribution < 1.29 is 9.59 Å². The maximum absolute atomic E-state index is 12.0. The molecular formula is C15H21ClN2O2. The van der Waals surface area contributed by atoms with Crippen LogP contribution in [-0.4, -0.2) is 29.6 Å². The Morgan fingerprint density at radius 3 is 2.55 bits per heavy atom. The van der Waals surface area contributed by atoms with Crippen LogP contribution >= 0.6 is 11.6 Å². The summed E-state index contributed by atoms with van der Waals surface area (Å²) in [5.41, 5.74) is 1.06. The lowest BCUT2D eigenvalue weighted by atomic mass is 9.95. The Bertz CT molecular complexity index is 500. The van der Waals surface area contributed by atoms with Gasteiger partial charge in [-0.1, -0.05) is 12.1 Å². The number of nitrogens with one attached hydrogen (secondary N) is 1. The molecule has 1 N–H and O–H groups in total. The number of rotatable bonds is 5. The molecule has 110 valence electrons. The van der Waals surface area contributed by atoms with E-state index in [4.69, 9.17) is 11.6 Å². The molecule has 4 nitrogen and oxygen atoms in total. The molecule has 20 heavy (non-hydrogen) atoms. The molecule has 0 saturated carbocycles. The molecule has 1 aromatic rings. The average Bonchev–Trinajstić information content (AvgIpc) is 2.38. The first-order valence-electron chi connectivity index (χ1n) is 6.44. The molecule has 0 heterocycles. The fraction of sp³-hybridized carbons (Fsp3) is 0.467. The zero-order chi connectivity index (χ0) is 15.3. The summed E-state index contributed by atoms with van der Waals surface area (Å²) in [4.78, 5) is 24.9. The molecule has 0 bridgehead atoms. The predicted molar refractivity (Wildman–Crippen MR) is 81.7 cm³/mol. The van der Waals surface area contributed by atoms with Gasteiger partial charge in [0.15, 0.2) is 0 Å². The number of hydrogen-bond donors (Lipinski definition) is 1. The van der Waals surface area contributed by atoms with Gasteiger partial charge in [-0.05, 0) is 31.5 Å². The van der Waals surface area contributed by atoms with E-state index in [-0.39, 0.29) is 17.7 Å². The second-order valence-electron chi connectivity index (χ2n) is 5.55. The second-order valence-corrected chi connectivity index (χ2v) is 5.81. The monoisotopic (exact) mass is 296 g/mol. The van der Waals surface area contributed by atoms with Crippen LogP contribution in [0, 0.1) is 5.41 Å². The molecule has 0 radical (unpaired) electrons. The highest BCUT2D eigenvalue weighted by Crippen LogP contribution is 2.21. The minimum atomic E-state index is -0.617. The lowest BCUT2D eigenvalue weighted by molar-refractivity contribution is -0.128. The lowest BCUT2D eigenvalue weighted by Gasteiger charge is -2.21. The van der Waals surface area contributed by atoms with Gasteiger partial charge in [-0.25, -0.2) is 0 Å². The van der Waals surface area contributed by atoms with Crippen LogP contribution in [0.4, 0.5) is 5.69 Å². The van der Waals surface area contributed by atoms with Crippen molar-refractivity contribution in [1.29, 1.82) is 0 Å². The smallest absolute Gasteiger partial charge is 0.231 e. The lowest BCUT2D eigenvalue weighted by Crippen LogP contribution is -2.32. The van der Waals surface area contributed by atoms with Crippen molar-refractivity contribution in [3.05, 3.63) is 29.8 Å². The SMILES string of the molecule is CC(=O)N(C)Cc1cccc(NC(=O)C(C)(C)CCl)c1. The Morgan fingerprint density at radius 2 is 2.00 bits per heavy atom. The largest absolute Gasteiger partial charge is 0.342 e. The van der Waals surface area contributed by atoms with Crippen molar-refractivity contribution in [3.8, 4) is 0 Å². The van der Waals surface area contributed by atoms with Crippen molar-refractivity contribution in [1.82, 2.24) is 4.90 Å². The molecule has 5 heteroatoms. The van der Waals surface area contributed by atoms with E-state index in [0.29, 0.717) is 12.2 Å². The first-order chi connectivity index (χ1) is 9.26. The number of carbonyl (C=O) groups is 2. The molecule has 0 atom stereocenters. The molecule has 1 aromatic carbocycles. The first kappa shape index (κ1) is 16.5. The average molecular weight is 297 g/mol. The van der Waals surface area contributed by atoms with Gasteiger partial charge in [0.05, 0.1) is 5.41 Å². The molecule has 0 aromatic heterocycles. The third-order valence-corrected chi connectivity index (χ3v) is 3.76. The van der Waals surface area contributed by atoms with Gasteiger partial charge >= 0.3 is 0 Å². The third kappa shape index (κ3) is 4.53. The van der Waals surface area contributed by atoms with E-state index in [1.165, 1.54) is 6.92 Å². The molecule has 0 aliphatic carbocycles. The summed E-state index contributed by atoms with van der Waals surface area (Å²) in [7, 11) is 1.74. The van der Waals surface area contributed by atoms with Crippen LogP contribution in [0.1, 0.15) is 26.3 Å². The van der Waals surface area contributed by atoms with Gasteiger partial charge in [-0.2, -0.15) is 0 Å². The fourth-order valence-electron chi connectivity index (χ4n) is 1.49. The van der Waals surface area contributed by atoms with E-state index >= 15 is 0 Å². The summed E-state index contributed by atoms with van der Waals surface area (Å²) in [6.07, 6.45) is 0. The summed E-state index contributed by atoms with van der Waals surface area (Å²) < 4.78 is 0. The predicted octanol–water partition coefficient (Wildman–Crippen LogP) is 2.87. The molecule has 0 aliphatic rings. The van der Waals surface area contributed by atoms with Crippen molar-refractivity contribution in [2.45, 2.75) is 27.3 Å². The Balaban J connectivity index is 2.79. The minimum Gasteiger partial charge on any atom is -0.342 e. The van der Waals surface area contributed by atoms with Crippen LogP contribution < -0.4 is 5.32 Å². The number of halogens is 1. The Labute approximate surface area is 125 Å². The van der Waals surface area contributed by atoms with Gasteiger partial charge in [-0.3, -0.25) is 9.59 Å². The van der Waals surface area contributed by atoms with Crippen LogP contribution in [0.5, 0.6) is 0 Å². The molecule has 2 amide bonds. The zero-order valence-electron chi connectivity index (χ0n) is 12.4. The highest BCUT2D eigenvalue weighted by Gasteiger charge is 2.26. The van der Waals surface area contributed by atoms with Gasteiger partial charge in [0.25, 0.3) is 0 Å². The molecule has 1 rings (SSSR count). The molecule has 0 saturated heterocycles. The third-order valence-electron chi connectivity index (χ3n) is 3.09. The van der Waals surface area contributed by atoms with Crippen molar-refractivity contribution in [2.75, 3.05) is 18.2 Å². The van der Waals surface area contributed by atoms with Crippen LogP contribution in [0.15, 0.2) is 24.3 Å². The number of hydrogen-bond acceptors (Lipinski definition) is 2. The maximum Gasteiger partial charge on any atom is 0.231 e. The Hall–Kier alpha value is -1.55. The number of alkyl halides is 1. The normalized spacial score (nSPS) is 11.1. The molecule has 0 unspecified atom stereocenters. The van der Waals surface area contributed by atoms with E-state index in [9.17, 15) is 9.59 Å². The standard InChI is InChI=1S/C15H21ClN2O2/c1-11(19)18(4)9-12-6-5-7-13(8-12)17-14(20)15(2,3)10-16/h5-8H,9-10H2,1-4H3,(H,17,20). The van der Waals surface area contributed by atoms with Crippen molar-refractivity contribution in [3.63, 3.8) is 0 Å². The highest BCUT2D eigenvalue weighted by atomic mass is 35.5. The van der Waals surface area contributed by atoms with E-state index < -0.39 is 5.41 Å². The molecule has 0 spiro atoms. The first-order valence-corrected chi connectivity index (χ1v) is 6.98. The molecular weight excluding hydrogens is 276 g/mol. The summed E-state index contributed by atoms with van der Waals surface area (Å²) in [5, 5.41) is 2.85. The van der Waals surface area contributed by atoms with E-state index in [1.807, 2.05) is 24.3 Å². The van der Waals surface area contributed by atoms with Crippen LogP contribution in [0.25, 0.3) is 0 Å². The number of benzene rings is 1. The second kappa shape index (κ2) is 6.75. The number of anilines is 1. The summed E-state index contributed by atoms with van der Waals surface area (Å²) in [6, 6.07) is 7.45. The summed E-state index contributed by atoms with van der Waals surface area (Å²) in [6.45, 7) is 5.62. The van der Waals surface area contributed by atoms with Crippen LogP contribution in [0.3, 0.4) is 0 Å². The fourth-order valence-corrected chi connectivity index (χ4v) is 1.61. The van der Waals surface area contributed by atoms with Crippen LogP contribution in [0.2, 0.25) is 0 Å². The number of nitrogens with zero attached hydrogens (tertiary/aromatic N) is 1. The highest BCUT2D eigenvalue weighted by molar-refractivity contribution is 6.20. The molecule has 0 fully saturated rings. The maximum atomic E-state index is 12.0. The van der Waals surface area contributed by atoms with Crippen molar-refractivity contribution >= 4 is 29.1 Å².